The van der Waals surface area contributed by atoms with Crippen LogP contribution in [0.1, 0.15) is 5.56 Å². The first kappa shape index (κ1) is 10.3. The smallest absolute Gasteiger partial charge is 0.136 e. The summed E-state index contributed by atoms with van der Waals surface area (Å²) >= 11 is 9.41. The fourth-order valence-electron chi connectivity index (χ4n) is 1.62. The summed E-state index contributed by atoms with van der Waals surface area (Å²) in [5, 5.41) is 3.95. The Kier molecular flexibility index (Phi) is 3.00. The van der Waals surface area contributed by atoms with Gasteiger partial charge >= 0.3 is 0 Å². The molecule has 1 aromatic carbocycles. The predicted octanol–water partition coefficient (Wildman–Crippen LogP) is 2.63. The van der Waals surface area contributed by atoms with Crippen LogP contribution in [0.15, 0.2) is 16.6 Å². The van der Waals surface area contributed by atoms with E-state index < -0.39 is 0 Å². The summed E-state index contributed by atoms with van der Waals surface area (Å²) in [6, 6.07) is 4.21. The van der Waals surface area contributed by atoms with E-state index in [0.717, 1.165) is 27.2 Å². The molecule has 0 amide bonds. The van der Waals surface area contributed by atoms with Gasteiger partial charge in [-0.1, -0.05) is 11.6 Å². The third-order valence-electron chi connectivity index (χ3n) is 2.39. The molecule has 0 spiro atoms. The third kappa shape index (κ3) is 1.90. The molecule has 2 nitrogen and oxygen atoms in total. The van der Waals surface area contributed by atoms with Crippen LogP contribution in [0.2, 0.25) is 5.02 Å². The van der Waals surface area contributed by atoms with Crippen LogP contribution >= 0.6 is 27.5 Å². The van der Waals surface area contributed by atoms with Gasteiger partial charge < -0.3 is 10.1 Å². The fraction of sp³-hybridized carbons (Fsp3) is 0.400. The lowest BCUT2D eigenvalue weighted by Crippen LogP contribution is -2.36. The molecule has 0 saturated heterocycles. The van der Waals surface area contributed by atoms with E-state index in [0.29, 0.717) is 12.6 Å². The van der Waals surface area contributed by atoms with Crippen LogP contribution in [0.3, 0.4) is 0 Å². The number of benzene rings is 1. The Morgan fingerprint density at radius 3 is 3.07 bits per heavy atom. The van der Waals surface area contributed by atoms with Gasteiger partial charge in [0.2, 0.25) is 0 Å². The number of hydrogen-bond acceptors (Lipinski definition) is 2. The van der Waals surface area contributed by atoms with Crippen LogP contribution in [0, 0.1) is 0 Å². The van der Waals surface area contributed by atoms with E-state index in [9.17, 15) is 0 Å². The predicted molar refractivity (Wildman–Crippen MR) is 61.2 cm³/mol. The lowest BCUT2D eigenvalue weighted by Gasteiger charge is -2.25. The Balaban J connectivity index is 2.37. The van der Waals surface area contributed by atoms with Crippen molar-refractivity contribution in [2.75, 3.05) is 13.7 Å². The second-order valence-corrected chi connectivity index (χ2v) is 4.67. The summed E-state index contributed by atoms with van der Waals surface area (Å²) in [6.07, 6.45) is 0.963. The molecule has 1 heterocycles. The maximum absolute atomic E-state index is 5.97. The number of rotatable bonds is 1. The van der Waals surface area contributed by atoms with E-state index in [1.807, 2.05) is 19.2 Å². The minimum absolute atomic E-state index is 0.382. The summed E-state index contributed by atoms with van der Waals surface area (Å²) in [5.41, 5.74) is 1.16. The fourth-order valence-corrected chi connectivity index (χ4v) is 2.61. The van der Waals surface area contributed by atoms with Crippen LogP contribution in [-0.2, 0) is 6.42 Å². The van der Waals surface area contributed by atoms with Gasteiger partial charge in [-0.3, -0.25) is 0 Å². The highest BCUT2D eigenvalue weighted by molar-refractivity contribution is 9.10. The minimum atomic E-state index is 0.382. The first-order chi connectivity index (χ1) is 6.70. The third-order valence-corrected chi connectivity index (χ3v) is 3.20. The lowest BCUT2D eigenvalue weighted by molar-refractivity contribution is 0.244. The molecule has 1 aliphatic heterocycles. The van der Waals surface area contributed by atoms with Crippen LogP contribution in [-0.4, -0.2) is 19.7 Å². The molecule has 0 radical (unpaired) electrons. The number of ether oxygens (including phenoxy) is 1. The van der Waals surface area contributed by atoms with E-state index in [2.05, 4.69) is 21.2 Å². The van der Waals surface area contributed by atoms with Gasteiger partial charge in [-0.05, 0) is 47.1 Å². The molecule has 0 fully saturated rings. The number of nitrogens with one attached hydrogen (secondary N) is 1. The van der Waals surface area contributed by atoms with Gasteiger partial charge in [0.1, 0.15) is 12.4 Å². The maximum Gasteiger partial charge on any atom is 0.136 e. The number of likely N-dealkylation sites (N-methyl/N-ethyl adjacent to an activating group) is 1. The van der Waals surface area contributed by atoms with Crippen LogP contribution < -0.4 is 10.1 Å². The molecular formula is C10H11BrClNO. The van der Waals surface area contributed by atoms with Crippen molar-refractivity contribution in [3.05, 3.63) is 27.2 Å². The van der Waals surface area contributed by atoms with Crippen LogP contribution in [0.4, 0.5) is 0 Å². The van der Waals surface area contributed by atoms with Crippen LogP contribution in [0.5, 0.6) is 5.75 Å². The zero-order valence-corrected chi connectivity index (χ0v) is 10.2. The van der Waals surface area contributed by atoms with Gasteiger partial charge in [0.15, 0.2) is 0 Å². The van der Waals surface area contributed by atoms with Gasteiger partial charge in [0.25, 0.3) is 0 Å². The topological polar surface area (TPSA) is 21.3 Å². The largest absolute Gasteiger partial charge is 0.490 e. The first-order valence-electron chi connectivity index (χ1n) is 4.48. The lowest BCUT2D eigenvalue weighted by atomic mass is 10.0. The highest BCUT2D eigenvalue weighted by Gasteiger charge is 2.20. The molecule has 0 aliphatic carbocycles. The summed E-state index contributed by atoms with van der Waals surface area (Å²) in [6.45, 7) is 0.712. The van der Waals surface area contributed by atoms with Crippen molar-refractivity contribution in [2.45, 2.75) is 12.5 Å². The standard InChI is InChI=1S/C10H11BrClNO/c1-13-8-3-6-2-7(12)4-9(11)10(6)14-5-8/h2,4,8,13H,3,5H2,1H3/t8-/m1/s1. The second kappa shape index (κ2) is 4.09. The summed E-state index contributed by atoms with van der Waals surface area (Å²) < 4.78 is 6.58. The van der Waals surface area contributed by atoms with Gasteiger partial charge in [0.05, 0.1) is 4.47 Å². The summed E-state index contributed by atoms with van der Waals surface area (Å²) in [4.78, 5) is 0. The minimum Gasteiger partial charge on any atom is -0.490 e. The highest BCUT2D eigenvalue weighted by atomic mass is 79.9. The quantitative estimate of drug-likeness (QED) is 0.851. The van der Waals surface area contributed by atoms with Crippen molar-refractivity contribution >= 4 is 27.5 Å². The van der Waals surface area contributed by atoms with Crippen molar-refractivity contribution in [1.82, 2.24) is 5.32 Å². The molecule has 2 rings (SSSR count). The van der Waals surface area contributed by atoms with Crippen molar-refractivity contribution in [1.29, 1.82) is 0 Å². The van der Waals surface area contributed by atoms with Crippen molar-refractivity contribution in [3.63, 3.8) is 0 Å². The molecule has 4 heteroatoms. The average Bonchev–Trinajstić information content (AvgIpc) is 2.16. The Labute approximate surface area is 96.7 Å². The summed E-state index contributed by atoms with van der Waals surface area (Å²) in [7, 11) is 1.94. The molecule has 0 saturated carbocycles. The van der Waals surface area contributed by atoms with Gasteiger partial charge in [0, 0.05) is 11.1 Å². The molecular weight excluding hydrogens is 265 g/mol. The second-order valence-electron chi connectivity index (χ2n) is 3.38. The van der Waals surface area contributed by atoms with Crippen molar-refractivity contribution < 1.29 is 4.74 Å². The Hall–Kier alpha value is -0.250. The van der Waals surface area contributed by atoms with E-state index in [4.69, 9.17) is 16.3 Å². The molecule has 0 unspecified atom stereocenters. The molecule has 1 aromatic rings. The molecule has 0 bridgehead atoms. The monoisotopic (exact) mass is 275 g/mol. The number of fused-ring (bicyclic) bond motifs is 1. The van der Waals surface area contributed by atoms with E-state index in [1.54, 1.807) is 0 Å². The zero-order chi connectivity index (χ0) is 10.1. The highest BCUT2D eigenvalue weighted by Crippen LogP contribution is 2.35. The Morgan fingerprint density at radius 2 is 2.36 bits per heavy atom. The average molecular weight is 277 g/mol. The molecule has 76 valence electrons. The molecule has 1 aliphatic rings. The molecule has 0 aromatic heterocycles. The molecule has 1 atom stereocenters. The van der Waals surface area contributed by atoms with Gasteiger partial charge in [-0.15, -0.1) is 0 Å². The Bertz CT molecular complexity index is 356. The zero-order valence-electron chi connectivity index (χ0n) is 7.81. The normalized spacial score (nSPS) is 20.1. The van der Waals surface area contributed by atoms with E-state index in [-0.39, 0.29) is 0 Å². The van der Waals surface area contributed by atoms with Gasteiger partial charge in [-0.2, -0.15) is 0 Å². The van der Waals surface area contributed by atoms with Gasteiger partial charge in [-0.25, -0.2) is 0 Å². The SMILES string of the molecule is CN[C@H]1COc2c(Br)cc(Cl)cc2C1. The van der Waals surface area contributed by atoms with Crippen LogP contribution in [0.25, 0.3) is 0 Å². The maximum atomic E-state index is 5.97. The molecule has 14 heavy (non-hydrogen) atoms. The Morgan fingerprint density at radius 1 is 1.57 bits per heavy atom. The van der Waals surface area contributed by atoms with Crippen molar-refractivity contribution in [2.24, 2.45) is 0 Å². The number of halogens is 2. The van der Waals surface area contributed by atoms with Crippen molar-refractivity contribution in [3.8, 4) is 5.75 Å². The number of hydrogen-bond donors (Lipinski definition) is 1. The van der Waals surface area contributed by atoms with E-state index in [1.165, 1.54) is 0 Å². The van der Waals surface area contributed by atoms with E-state index >= 15 is 0 Å². The first-order valence-corrected chi connectivity index (χ1v) is 5.66. The summed E-state index contributed by atoms with van der Waals surface area (Å²) in [5.74, 6) is 0.931. The molecule has 1 N–H and O–H groups in total.